The third-order valence-corrected chi connectivity index (χ3v) is 2.06. The summed E-state index contributed by atoms with van der Waals surface area (Å²) in [5, 5.41) is 9.25. The van der Waals surface area contributed by atoms with Gasteiger partial charge >= 0.3 is 0 Å². The number of carbonyl (C=O) groups is 1. The maximum absolute atomic E-state index is 11.3. The second-order valence-corrected chi connectivity index (χ2v) is 3.07. The summed E-state index contributed by atoms with van der Waals surface area (Å²) in [6.07, 6.45) is 2.96. The van der Waals surface area contributed by atoms with Crippen molar-refractivity contribution >= 4 is 11.6 Å². The van der Waals surface area contributed by atoms with Crippen molar-refractivity contribution < 1.29 is 9.90 Å². The number of β-amino-alcohol motifs (C(OH)–C–C–N with tert-alkyl or cyclic N) is 1. The molecular weight excluding hydrogens is 168 g/mol. The monoisotopic (exact) mass is 178 g/mol. The number of aromatic nitrogens is 1. The van der Waals surface area contributed by atoms with Crippen molar-refractivity contribution in [1.82, 2.24) is 4.98 Å². The van der Waals surface area contributed by atoms with Crippen LogP contribution in [0.2, 0.25) is 0 Å². The number of hydrogen-bond donors (Lipinski definition) is 1. The Morgan fingerprint density at radius 3 is 3.00 bits per heavy atom. The lowest BCUT2D eigenvalue weighted by atomic mass is 10.3. The molecule has 1 aliphatic rings. The Labute approximate surface area is 75.8 Å². The number of amides is 1. The van der Waals surface area contributed by atoms with E-state index in [9.17, 15) is 9.90 Å². The van der Waals surface area contributed by atoms with Gasteiger partial charge in [0.15, 0.2) is 0 Å². The molecule has 2 rings (SSSR count). The molecule has 13 heavy (non-hydrogen) atoms. The zero-order chi connectivity index (χ0) is 9.26. The number of carbonyl (C=O) groups excluding carboxylic acids is 1. The average molecular weight is 178 g/mol. The number of anilines is 1. The highest BCUT2D eigenvalue weighted by atomic mass is 16.3. The fourth-order valence-electron chi connectivity index (χ4n) is 1.45. The van der Waals surface area contributed by atoms with Crippen LogP contribution >= 0.6 is 0 Å². The lowest BCUT2D eigenvalue weighted by Crippen LogP contribution is -2.25. The van der Waals surface area contributed by atoms with E-state index in [1.807, 2.05) is 6.07 Å². The first-order valence-corrected chi connectivity index (χ1v) is 4.16. The van der Waals surface area contributed by atoms with Crippen molar-refractivity contribution in [3.8, 4) is 0 Å². The van der Waals surface area contributed by atoms with Crippen LogP contribution in [0.5, 0.6) is 0 Å². The van der Waals surface area contributed by atoms with Gasteiger partial charge in [-0.25, -0.2) is 0 Å². The summed E-state index contributed by atoms with van der Waals surface area (Å²) >= 11 is 0. The van der Waals surface area contributed by atoms with Crippen LogP contribution in [0.25, 0.3) is 0 Å². The Morgan fingerprint density at radius 2 is 2.46 bits per heavy atom. The smallest absolute Gasteiger partial charge is 0.229 e. The second-order valence-electron chi connectivity index (χ2n) is 3.07. The fourth-order valence-corrected chi connectivity index (χ4v) is 1.45. The highest BCUT2D eigenvalue weighted by Gasteiger charge is 2.28. The zero-order valence-electron chi connectivity index (χ0n) is 7.05. The van der Waals surface area contributed by atoms with Gasteiger partial charge in [0.05, 0.1) is 31.0 Å². The molecule has 0 radical (unpaired) electrons. The summed E-state index contributed by atoms with van der Waals surface area (Å²) < 4.78 is 0. The van der Waals surface area contributed by atoms with Crippen LogP contribution in [-0.4, -0.2) is 28.6 Å². The number of nitrogens with zero attached hydrogens (tertiary/aromatic N) is 2. The molecule has 1 aromatic heterocycles. The number of rotatable bonds is 1. The molecule has 2 heterocycles. The molecule has 0 unspecified atom stereocenters. The van der Waals surface area contributed by atoms with E-state index in [0.29, 0.717) is 6.54 Å². The molecule has 0 spiro atoms. The van der Waals surface area contributed by atoms with Crippen LogP contribution in [0, 0.1) is 0 Å². The van der Waals surface area contributed by atoms with Crippen LogP contribution in [0.4, 0.5) is 5.69 Å². The number of aliphatic hydroxyl groups is 1. The van der Waals surface area contributed by atoms with Crippen molar-refractivity contribution in [2.75, 3.05) is 11.4 Å². The van der Waals surface area contributed by atoms with Gasteiger partial charge in [-0.1, -0.05) is 0 Å². The molecular formula is C9H10N2O2. The van der Waals surface area contributed by atoms with Crippen LogP contribution in [0.15, 0.2) is 24.5 Å². The zero-order valence-corrected chi connectivity index (χ0v) is 7.05. The molecule has 1 fully saturated rings. The predicted octanol–water partition coefficient (Wildman–Crippen LogP) is 0.179. The predicted molar refractivity (Wildman–Crippen MR) is 47.2 cm³/mol. The Balaban J connectivity index is 2.23. The highest BCUT2D eigenvalue weighted by molar-refractivity contribution is 5.95. The Hall–Kier alpha value is -1.42. The minimum Gasteiger partial charge on any atom is -0.391 e. The molecule has 0 aliphatic carbocycles. The average Bonchev–Trinajstić information content (AvgIpc) is 2.47. The van der Waals surface area contributed by atoms with E-state index in [4.69, 9.17) is 0 Å². The third kappa shape index (κ3) is 1.53. The van der Waals surface area contributed by atoms with E-state index >= 15 is 0 Å². The first-order chi connectivity index (χ1) is 6.27. The van der Waals surface area contributed by atoms with Gasteiger partial charge in [-0.15, -0.1) is 0 Å². The van der Waals surface area contributed by atoms with Gasteiger partial charge in [0.25, 0.3) is 0 Å². The highest BCUT2D eigenvalue weighted by Crippen LogP contribution is 2.19. The SMILES string of the molecule is O=C1C[C@@H](O)CN1c1cccnc1. The van der Waals surface area contributed by atoms with Gasteiger partial charge in [0.1, 0.15) is 0 Å². The van der Waals surface area contributed by atoms with Gasteiger partial charge < -0.3 is 10.0 Å². The summed E-state index contributed by atoms with van der Waals surface area (Å²) in [4.78, 5) is 16.8. The normalized spacial score (nSPS) is 22.4. The van der Waals surface area contributed by atoms with Crippen molar-refractivity contribution in [2.24, 2.45) is 0 Å². The van der Waals surface area contributed by atoms with Crippen LogP contribution in [0.1, 0.15) is 6.42 Å². The molecule has 1 amide bonds. The Morgan fingerprint density at radius 1 is 1.62 bits per heavy atom. The maximum atomic E-state index is 11.3. The Kier molecular flexibility index (Phi) is 1.98. The van der Waals surface area contributed by atoms with Gasteiger partial charge in [-0.05, 0) is 12.1 Å². The van der Waals surface area contributed by atoms with Gasteiger partial charge in [0, 0.05) is 6.20 Å². The maximum Gasteiger partial charge on any atom is 0.229 e. The van der Waals surface area contributed by atoms with Crippen molar-refractivity contribution in [3.63, 3.8) is 0 Å². The van der Waals surface area contributed by atoms with Crippen LogP contribution < -0.4 is 4.90 Å². The quantitative estimate of drug-likeness (QED) is 0.667. The summed E-state index contributed by atoms with van der Waals surface area (Å²) in [6, 6.07) is 3.58. The molecule has 0 bridgehead atoms. The fraction of sp³-hybridized carbons (Fsp3) is 0.333. The Bertz CT molecular complexity index is 313. The van der Waals surface area contributed by atoms with Crippen LogP contribution in [0.3, 0.4) is 0 Å². The summed E-state index contributed by atoms with van der Waals surface area (Å²) in [5.74, 6) is -0.0412. The van der Waals surface area contributed by atoms with Gasteiger partial charge in [0.2, 0.25) is 5.91 Å². The van der Waals surface area contributed by atoms with Crippen molar-refractivity contribution in [2.45, 2.75) is 12.5 Å². The van der Waals surface area contributed by atoms with Crippen LogP contribution in [-0.2, 0) is 4.79 Å². The van der Waals surface area contributed by atoms with E-state index < -0.39 is 6.10 Å². The molecule has 1 N–H and O–H groups in total. The molecule has 68 valence electrons. The molecule has 1 aliphatic heterocycles. The van der Waals surface area contributed by atoms with E-state index in [0.717, 1.165) is 5.69 Å². The first-order valence-electron chi connectivity index (χ1n) is 4.16. The summed E-state index contributed by atoms with van der Waals surface area (Å²) in [5.41, 5.74) is 0.754. The van der Waals surface area contributed by atoms with E-state index in [-0.39, 0.29) is 12.3 Å². The summed E-state index contributed by atoms with van der Waals surface area (Å²) in [7, 11) is 0. The minimum atomic E-state index is -0.535. The molecule has 0 saturated carbocycles. The topological polar surface area (TPSA) is 53.4 Å². The van der Waals surface area contributed by atoms with Gasteiger partial charge in [-0.3, -0.25) is 9.78 Å². The lowest BCUT2D eigenvalue weighted by Gasteiger charge is -2.14. The van der Waals surface area contributed by atoms with E-state index in [1.165, 1.54) is 0 Å². The van der Waals surface area contributed by atoms with Crippen molar-refractivity contribution in [1.29, 1.82) is 0 Å². The van der Waals surface area contributed by atoms with E-state index in [2.05, 4.69) is 4.98 Å². The number of aliphatic hydroxyl groups excluding tert-OH is 1. The summed E-state index contributed by atoms with van der Waals surface area (Å²) in [6.45, 7) is 0.379. The largest absolute Gasteiger partial charge is 0.391 e. The minimum absolute atomic E-state index is 0.0412. The lowest BCUT2D eigenvalue weighted by molar-refractivity contribution is -0.117. The number of pyridine rings is 1. The molecule has 4 heteroatoms. The van der Waals surface area contributed by atoms with Gasteiger partial charge in [-0.2, -0.15) is 0 Å². The molecule has 1 aromatic rings. The number of hydrogen-bond acceptors (Lipinski definition) is 3. The molecule has 1 saturated heterocycles. The van der Waals surface area contributed by atoms with Crippen molar-refractivity contribution in [3.05, 3.63) is 24.5 Å². The molecule has 1 atom stereocenters. The standard InChI is InChI=1S/C9H10N2O2/c12-8-4-9(13)11(6-8)7-2-1-3-10-5-7/h1-3,5,8,12H,4,6H2/t8-/m1/s1. The molecule has 4 nitrogen and oxygen atoms in total. The molecule has 0 aromatic carbocycles. The first kappa shape index (κ1) is 8.19. The third-order valence-electron chi connectivity index (χ3n) is 2.06. The van der Waals surface area contributed by atoms with E-state index in [1.54, 1.807) is 23.4 Å². The second kappa shape index (κ2) is 3.14.